The monoisotopic (exact) mass is 162 g/mol. The molecule has 1 N–H and O–H groups in total. The fourth-order valence-electron chi connectivity index (χ4n) is 1.81. The highest BCUT2D eigenvalue weighted by Gasteiger charge is 2.13. The molecule has 1 aliphatic rings. The molecular weight excluding hydrogens is 148 g/mol. The lowest BCUT2D eigenvalue weighted by Gasteiger charge is -2.20. The largest absolute Gasteiger partial charge is 0.312 e. The van der Waals surface area contributed by atoms with Crippen LogP contribution in [0.25, 0.3) is 0 Å². The highest BCUT2D eigenvalue weighted by molar-refractivity contribution is 5.36. The molecule has 0 saturated heterocycles. The molecule has 0 saturated carbocycles. The maximum Gasteiger partial charge on any atom is 0.0408 e. The van der Waals surface area contributed by atoms with Crippen LogP contribution in [0.4, 0.5) is 0 Å². The van der Waals surface area contributed by atoms with Gasteiger partial charge in [0.05, 0.1) is 0 Å². The van der Waals surface area contributed by atoms with Crippen LogP contribution in [0, 0.1) is 13.8 Å². The predicted octanol–water partition coefficient (Wildman–Crippen LogP) is 1.34. The number of nitrogens with zero attached hydrogens (tertiary/aromatic N) is 1. The average Bonchev–Trinajstić information content (AvgIpc) is 2.12. The minimum absolute atomic E-state index is 1.02. The normalized spacial score (nSPS) is 15.8. The van der Waals surface area contributed by atoms with Gasteiger partial charge in [0.1, 0.15) is 0 Å². The van der Waals surface area contributed by atoms with Crippen molar-refractivity contribution in [3.8, 4) is 0 Å². The van der Waals surface area contributed by atoms with Crippen LogP contribution in [0.5, 0.6) is 0 Å². The second-order valence-corrected chi connectivity index (χ2v) is 3.41. The molecule has 2 heterocycles. The van der Waals surface area contributed by atoms with Gasteiger partial charge >= 0.3 is 0 Å². The van der Waals surface area contributed by atoms with Crippen molar-refractivity contribution in [1.29, 1.82) is 0 Å². The van der Waals surface area contributed by atoms with E-state index in [1.54, 1.807) is 0 Å². The quantitative estimate of drug-likeness (QED) is 0.622. The van der Waals surface area contributed by atoms with E-state index in [0.717, 1.165) is 19.5 Å². The molecular formula is C10H14N2. The Balaban J connectivity index is 2.57. The first kappa shape index (κ1) is 7.74. The molecule has 0 aliphatic carbocycles. The van der Waals surface area contributed by atoms with Gasteiger partial charge in [-0.3, -0.25) is 4.98 Å². The molecule has 1 aliphatic heterocycles. The smallest absolute Gasteiger partial charge is 0.0408 e. The first-order valence-corrected chi connectivity index (χ1v) is 4.43. The third-order valence-electron chi connectivity index (χ3n) is 2.58. The Hall–Kier alpha value is -0.890. The summed E-state index contributed by atoms with van der Waals surface area (Å²) in [6.45, 7) is 6.35. The standard InChI is InChI=1S/C10H14N2/c1-7-5-12-8(2)9-3-4-11-6-10(7)9/h5,11H,3-4,6H2,1-2H3. The van der Waals surface area contributed by atoms with Crippen molar-refractivity contribution in [1.82, 2.24) is 10.3 Å². The van der Waals surface area contributed by atoms with Gasteiger partial charge in [-0.1, -0.05) is 0 Å². The van der Waals surface area contributed by atoms with Crippen molar-refractivity contribution >= 4 is 0 Å². The van der Waals surface area contributed by atoms with Crippen LogP contribution in [0.15, 0.2) is 6.20 Å². The predicted molar refractivity (Wildman–Crippen MR) is 49.1 cm³/mol. The Morgan fingerprint density at radius 2 is 2.17 bits per heavy atom. The zero-order chi connectivity index (χ0) is 8.55. The van der Waals surface area contributed by atoms with E-state index >= 15 is 0 Å². The summed E-state index contributed by atoms with van der Waals surface area (Å²) in [6, 6.07) is 0. The van der Waals surface area contributed by atoms with Gasteiger partial charge in [0.2, 0.25) is 0 Å². The zero-order valence-corrected chi connectivity index (χ0v) is 7.65. The van der Waals surface area contributed by atoms with Gasteiger partial charge < -0.3 is 5.32 Å². The van der Waals surface area contributed by atoms with Gasteiger partial charge in [0, 0.05) is 18.4 Å². The molecule has 64 valence electrons. The molecule has 0 amide bonds. The minimum Gasteiger partial charge on any atom is -0.312 e. The maximum atomic E-state index is 4.36. The van der Waals surface area contributed by atoms with Crippen molar-refractivity contribution in [2.24, 2.45) is 0 Å². The highest BCUT2D eigenvalue weighted by atomic mass is 14.9. The molecule has 12 heavy (non-hydrogen) atoms. The molecule has 0 aromatic carbocycles. The number of aryl methyl sites for hydroxylation is 2. The van der Waals surface area contributed by atoms with Crippen LogP contribution >= 0.6 is 0 Å². The Kier molecular flexibility index (Phi) is 1.85. The zero-order valence-electron chi connectivity index (χ0n) is 7.65. The Morgan fingerprint density at radius 1 is 1.33 bits per heavy atom. The summed E-state index contributed by atoms with van der Waals surface area (Å²) in [5, 5.41) is 3.38. The Labute approximate surface area is 73.0 Å². The first-order chi connectivity index (χ1) is 5.79. The van der Waals surface area contributed by atoms with Crippen LogP contribution in [-0.4, -0.2) is 11.5 Å². The fraction of sp³-hybridized carbons (Fsp3) is 0.500. The van der Waals surface area contributed by atoms with Crippen LogP contribution in [-0.2, 0) is 13.0 Å². The van der Waals surface area contributed by atoms with E-state index < -0.39 is 0 Å². The Morgan fingerprint density at radius 3 is 2.92 bits per heavy atom. The summed E-state index contributed by atoms with van der Waals surface area (Å²) < 4.78 is 0. The lowest BCUT2D eigenvalue weighted by Crippen LogP contribution is -2.25. The highest BCUT2D eigenvalue weighted by Crippen LogP contribution is 2.19. The fourth-order valence-corrected chi connectivity index (χ4v) is 1.81. The van der Waals surface area contributed by atoms with Gasteiger partial charge in [-0.25, -0.2) is 0 Å². The number of hydrogen-bond acceptors (Lipinski definition) is 2. The molecule has 2 nitrogen and oxygen atoms in total. The van der Waals surface area contributed by atoms with Gasteiger partial charge in [0.15, 0.2) is 0 Å². The molecule has 1 aromatic rings. The van der Waals surface area contributed by atoms with Crippen LogP contribution < -0.4 is 5.32 Å². The molecule has 0 bridgehead atoms. The van der Waals surface area contributed by atoms with Gasteiger partial charge in [0.25, 0.3) is 0 Å². The van der Waals surface area contributed by atoms with Gasteiger partial charge in [-0.2, -0.15) is 0 Å². The summed E-state index contributed by atoms with van der Waals surface area (Å²) in [5.74, 6) is 0. The second kappa shape index (κ2) is 2.87. The van der Waals surface area contributed by atoms with Crippen molar-refractivity contribution in [3.63, 3.8) is 0 Å². The topological polar surface area (TPSA) is 24.9 Å². The van der Waals surface area contributed by atoms with Gasteiger partial charge in [-0.05, 0) is 43.5 Å². The third kappa shape index (κ3) is 1.12. The van der Waals surface area contributed by atoms with Crippen molar-refractivity contribution < 1.29 is 0 Å². The van der Waals surface area contributed by atoms with Gasteiger partial charge in [-0.15, -0.1) is 0 Å². The van der Waals surface area contributed by atoms with Crippen molar-refractivity contribution in [2.45, 2.75) is 26.8 Å². The summed E-state index contributed by atoms with van der Waals surface area (Å²) in [4.78, 5) is 4.36. The first-order valence-electron chi connectivity index (χ1n) is 4.43. The molecule has 0 spiro atoms. The molecule has 0 fully saturated rings. The van der Waals surface area contributed by atoms with Crippen molar-refractivity contribution in [3.05, 3.63) is 28.6 Å². The number of fused-ring (bicyclic) bond motifs is 1. The van der Waals surface area contributed by atoms with Crippen LogP contribution in [0.3, 0.4) is 0 Å². The van der Waals surface area contributed by atoms with E-state index in [1.807, 2.05) is 6.20 Å². The molecule has 0 radical (unpaired) electrons. The van der Waals surface area contributed by atoms with E-state index in [4.69, 9.17) is 0 Å². The van der Waals surface area contributed by atoms with E-state index in [0.29, 0.717) is 0 Å². The molecule has 1 aromatic heterocycles. The van der Waals surface area contributed by atoms with E-state index in [2.05, 4.69) is 24.1 Å². The van der Waals surface area contributed by atoms with Crippen LogP contribution in [0.2, 0.25) is 0 Å². The Bertz CT molecular complexity index is 274. The summed E-state index contributed by atoms with van der Waals surface area (Å²) >= 11 is 0. The molecule has 0 unspecified atom stereocenters. The minimum atomic E-state index is 1.02. The lowest BCUT2D eigenvalue weighted by molar-refractivity contribution is 0.634. The second-order valence-electron chi connectivity index (χ2n) is 3.41. The summed E-state index contributed by atoms with van der Waals surface area (Å²) in [6.07, 6.45) is 3.11. The van der Waals surface area contributed by atoms with E-state index in [1.165, 1.54) is 22.4 Å². The van der Waals surface area contributed by atoms with E-state index in [-0.39, 0.29) is 0 Å². The van der Waals surface area contributed by atoms with Crippen molar-refractivity contribution in [2.75, 3.05) is 6.54 Å². The third-order valence-corrected chi connectivity index (χ3v) is 2.58. The molecule has 2 rings (SSSR count). The SMILES string of the molecule is Cc1cnc(C)c2c1CNCC2. The maximum absolute atomic E-state index is 4.36. The number of rotatable bonds is 0. The number of nitrogens with one attached hydrogen (secondary N) is 1. The molecule has 2 heteroatoms. The van der Waals surface area contributed by atoms with Crippen LogP contribution in [0.1, 0.15) is 22.4 Å². The average molecular weight is 162 g/mol. The van der Waals surface area contributed by atoms with E-state index in [9.17, 15) is 0 Å². The molecule has 0 atom stereocenters. The summed E-state index contributed by atoms with van der Waals surface area (Å²) in [7, 11) is 0. The summed E-state index contributed by atoms with van der Waals surface area (Å²) in [5.41, 5.74) is 5.46. The lowest BCUT2D eigenvalue weighted by atomic mass is 9.97. The number of pyridine rings is 1. The number of aromatic nitrogens is 1. The number of hydrogen-bond donors (Lipinski definition) is 1.